The minimum atomic E-state index is -0.129. The first-order valence-electron chi connectivity index (χ1n) is 8.44. The zero-order chi connectivity index (χ0) is 16.4. The molecule has 2 saturated heterocycles. The Kier molecular flexibility index (Phi) is 4.52. The predicted molar refractivity (Wildman–Crippen MR) is 95.6 cm³/mol. The molecule has 0 unspecified atom stereocenters. The summed E-state index contributed by atoms with van der Waals surface area (Å²) < 4.78 is 11.2. The van der Waals surface area contributed by atoms with Crippen LogP contribution in [0.3, 0.4) is 0 Å². The average Bonchev–Trinajstić information content (AvgIpc) is 3.28. The molecule has 4 rings (SSSR count). The molecule has 2 fully saturated rings. The molecule has 1 aromatic carbocycles. The van der Waals surface area contributed by atoms with E-state index in [-0.39, 0.29) is 11.4 Å². The van der Waals surface area contributed by atoms with Crippen molar-refractivity contribution in [2.75, 3.05) is 44.4 Å². The van der Waals surface area contributed by atoms with Crippen LogP contribution in [0.15, 0.2) is 34.7 Å². The number of carbonyl (C=O) groups is 1. The molecule has 2 aliphatic heterocycles. The summed E-state index contributed by atoms with van der Waals surface area (Å²) in [6.07, 6.45) is 1.11. The van der Waals surface area contributed by atoms with Gasteiger partial charge in [-0.2, -0.15) is 11.8 Å². The van der Waals surface area contributed by atoms with Gasteiger partial charge in [-0.15, -0.1) is 0 Å². The molecule has 1 amide bonds. The molecule has 1 aromatic heterocycles. The summed E-state index contributed by atoms with van der Waals surface area (Å²) in [4.78, 5) is 15.0. The van der Waals surface area contributed by atoms with Crippen molar-refractivity contribution in [2.45, 2.75) is 12.0 Å². The van der Waals surface area contributed by atoms with Gasteiger partial charge in [-0.1, -0.05) is 18.2 Å². The number of morpholine rings is 1. The third-order valence-corrected chi connectivity index (χ3v) is 6.23. The van der Waals surface area contributed by atoms with Crippen molar-refractivity contribution in [3.63, 3.8) is 0 Å². The van der Waals surface area contributed by atoms with Gasteiger partial charge in [0.15, 0.2) is 5.76 Å². The van der Waals surface area contributed by atoms with Crippen molar-refractivity contribution in [3.8, 4) is 0 Å². The van der Waals surface area contributed by atoms with Crippen LogP contribution in [0.2, 0.25) is 0 Å². The Morgan fingerprint density at radius 3 is 2.88 bits per heavy atom. The van der Waals surface area contributed by atoms with Crippen molar-refractivity contribution < 1.29 is 13.9 Å². The fourth-order valence-electron chi connectivity index (χ4n) is 3.56. The van der Waals surface area contributed by atoms with Crippen molar-refractivity contribution in [1.29, 1.82) is 0 Å². The van der Waals surface area contributed by atoms with Crippen molar-refractivity contribution in [2.24, 2.45) is 0 Å². The van der Waals surface area contributed by atoms with Gasteiger partial charge in [-0.05, 0) is 24.3 Å². The molecular formula is C18H22N2O3S. The zero-order valence-corrected chi connectivity index (χ0v) is 14.4. The van der Waals surface area contributed by atoms with Crippen LogP contribution < -0.4 is 5.32 Å². The molecule has 24 heavy (non-hydrogen) atoms. The molecule has 0 aliphatic carbocycles. The highest BCUT2D eigenvalue weighted by Gasteiger charge is 2.41. The summed E-state index contributed by atoms with van der Waals surface area (Å²) in [5.41, 5.74) is 0.804. The SMILES string of the molecule is O=C(NC[C@]1(N2CCOCC2)CCSC1)c1cc2ccccc2o1. The van der Waals surface area contributed by atoms with E-state index in [1.165, 1.54) is 0 Å². The maximum Gasteiger partial charge on any atom is 0.287 e. The number of hydrogen-bond acceptors (Lipinski definition) is 5. The summed E-state index contributed by atoms with van der Waals surface area (Å²) in [6.45, 7) is 4.12. The van der Waals surface area contributed by atoms with Crippen molar-refractivity contribution in [3.05, 3.63) is 36.1 Å². The molecular weight excluding hydrogens is 324 g/mol. The number of nitrogens with one attached hydrogen (secondary N) is 1. The molecule has 3 heterocycles. The fraction of sp³-hybridized carbons (Fsp3) is 0.500. The van der Waals surface area contributed by atoms with Gasteiger partial charge in [-0.3, -0.25) is 9.69 Å². The Labute approximate surface area is 145 Å². The lowest BCUT2D eigenvalue weighted by Gasteiger charge is -2.42. The number of hydrogen-bond donors (Lipinski definition) is 1. The van der Waals surface area contributed by atoms with E-state index in [0.29, 0.717) is 12.3 Å². The van der Waals surface area contributed by atoms with E-state index in [1.807, 2.05) is 42.1 Å². The van der Waals surface area contributed by atoms with Crippen LogP contribution in [0.1, 0.15) is 17.0 Å². The Morgan fingerprint density at radius 2 is 2.12 bits per heavy atom. The Morgan fingerprint density at radius 1 is 1.29 bits per heavy atom. The van der Waals surface area contributed by atoms with Gasteiger partial charge < -0.3 is 14.5 Å². The Balaban J connectivity index is 1.46. The second-order valence-electron chi connectivity index (χ2n) is 6.46. The second-order valence-corrected chi connectivity index (χ2v) is 7.56. The molecule has 0 bridgehead atoms. The summed E-state index contributed by atoms with van der Waals surface area (Å²) >= 11 is 1.97. The van der Waals surface area contributed by atoms with E-state index in [4.69, 9.17) is 9.15 Å². The number of benzene rings is 1. The van der Waals surface area contributed by atoms with Crippen LogP contribution in [0.4, 0.5) is 0 Å². The van der Waals surface area contributed by atoms with Crippen LogP contribution in [0, 0.1) is 0 Å². The van der Waals surface area contributed by atoms with Crippen LogP contribution in [0.25, 0.3) is 11.0 Å². The van der Waals surface area contributed by atoms with Gasteiger partial charge in [0.2, 0.25) is 0 Å². The average molecular weight is 346 g/mol. The Bertz CT molecular complexity index is 685. The number of amides is 1. The van der Waals surface area contributed by atoms with Gasteiger partial charge in [0.25, 0.3) is 5.91 Å². The number of para-hydroxylation sites is 1. The van der Waals surface area contributed by atoms with Crippen LogP contribution in [-0.4, -0.2) is 60.7 Å². The van der Waals surface area contributed by atoms with Gasteiger partial charge >= 0.3 is 0 Å². The number of furan rings is 1. The number of thioether (sulfide) groups is 1. The largest absolute Gasteiger partial charge is 0.451 e. The Hall–Kier alpha value is -1.50. The monoisotopic (exact) mass is 346 g/mol. The van der Waals surface area contributed by atoms with E-state index in [2.05, 4.69) is 10.2 Å². The highest BCUT2D eigenvalue weighted by molar-refractivity contribution is 7.99. The maximum atomic E-state index is 12.5. The van der Waals surface area contributed by atoms with E-state index in [9.17, 15) is 4.79 Å². The molecule has 1 N–H and O–H groups in total. The zero-order valence-electron chi connectivity index (χ0n) is 13.6. The van der Waals surface area contributed by atoms with E-state index in [0.717, 1.165) is 55.2 Å². The number of fused-ring (bicyclic) bond motifs is 1. The quantitative estimate of drug-likeness (QED) is 0.921. The lowest BCUT2D eigenvalue weighted by Crippen LogP contribution is -2.59. The standard InChI is InChI=1S/C18H22N2O3S/c21-17(16-11-14-3-1-2-4-15(14)23-16)19-12-18(5-10-24-13-18)20-6-8-22-9-7-20/h1-4,11H,5-10,12-13H2,(H,19,21)/t18-/m1/s1. The van der Waals surface area contributed by atoms with Gasteiger partial charge in [0.05, 0.1) is 13.2 Å². The number of rotatable bonds is 4. The molecule has 2 aromatic rings. The summed E-state index contributed by atoms with van der Waals surface area (Å²) in [5.74, 6) is 2.47. The normalized spacial score (nSPS) is 25.2. The second kappa shape index (κ2) is 6.78. The number of carbonyl (C=O) groups excluding carboxylic acids is 1. The molecule has 6 heteroatoms. The smallest absolute Gasteiger partial charge is 0.287 e. The topological polar surface area (TPSA) is 54.7 Å². The third-order valence-electron chi connectivity index (χ3n) is 4.99. The van der Waals surface area contributed by atoms with E-state index >= 15 is 0 Å². The van der Waals surface area contributed by atoms with E-state index in [1.54, 1.807) is 0 Å². The summed E-state index contributed by atoms with van der Waals surface area (Å²) in [6, 6.07) is 9.52. The molecule has 1 atom stereocenters. The first-order valence-corrected chi connectivity index (χ1v) is 9.60. The highest BCUT2D eigenvalue weighted by Crippen LogP contribution is 2.33. The molecule has 0 spiro atoms. The van der Waals surface area contributed by atoms with E-state index < -0.39 is 0 Å². The predicted octanol–water partition coefficient (Wildman–Crippen LogP) is 2.37. The molecule has 0 radical (unpaired) electrons. The van der Waals surface area contributed by atoms with Crippen LogP contribution in [0.5, 0.6) is 0 Å². The minimum Gasteiger partial charge on any atom is -0.451 e. The third kappa shape index (κ3) is 3.06. The highest BCUT2D eigenvalue weighted by atomic mass is 32.2. The molecule has 0 saturated carbocycles. The number of ether oxygens (including phenoxy) is 1. The van der Waals surface area contributed by atoms with Crippen LogP contribution >= 0.6 is 11.8 Å². The van der Waals surface area contributed by atoms with Gasteiger partial charge in [-0.25, -0.2) is 0 Å². The first kappa shape index (κ1) is 16.0. The lowest BCUT2D eigenvalue weighted by atomic mass is 9.95. The number of nitrogens with zero attached hydrogens (tertiary/aromatic N) is 1. The molecule has 2 aliphatic rings. The fourth-order valence-corrected chi connectivity index (χ4v) is 5.04. The van der Waals surface area contributed by atoms with Crippen LogP contribution in [-0.2, 0) is 4.74 Å². The van der Waals surface area contributed by atoms with Gasteiger partial charge in [0.1, 0.15) is 5.58 Å². The molecule has 5 nitrogen and oxygen atoms in total. The first-order chi connectivity index (χ1) is 11.8. The maximum absolute atomic E-state index is 12.5. The summed E-state index contributed by atoms with van der Waals surface area (Å²) in [7, 11) is 0. The van der Waals surface area contributed by atoms with Crippen molar-refractivity contribution >= 4 is 28.6 Å². The molecule has 128 valence electrons. The minimum absolute atomic E-state index is 0.0517. The lowest BCUT2D eigenvalue weighted by molar-refractivity contribution is -0.0129. The van der Waals surface area contributed by atoms with Gasteiger partial charge in [0, 0.05) is 36.3 Å². The van der Waals surface area contributed by atoms with Crippen molar-refractivity contribution in [1.82, 2.24) is 10.2 Å². The summed E-state index contributed by atoms with van der Waals surface area (Å²) in [5, 5.41) is 4.07.